The molecule has 2 atom stereocenters. The molecule has 90 valence electrons. The molecule has 3 aliphatic carbocycles. The Bertz CT molecular complexity index is 315. The second kappa shape index (κ2) is 4.23. The predicted molar refractivity (Wildman–Crippen MR) is 63.9 cm³/mol. The van der Waals surface area contributed by atoms with Crippen LogP contribution in [0.25, 0.3) is 0 Å². The first-order valence-corrected chi connectivity index (χ1v) is 6.40. The standard InChI is InChI=1S/C14H22O2/c1-4-16-13(15)8-6-10-5-7-11-9-12(10)14(11,2)3/h5,11-12H,4,6-9H2,1-3H3/t11-,12-/m1/s1. The highest BCUT2D eigenvalue weighted by molar-refractivity contribution is 5.69. The van der Waals surface area contributed by atoms with E-state index in [-0.39, 0.29) is 5.97 Å². The van der Waals surface area contributed by atoms with E-state index in [0.717, 1.165) is 18.3 Å². The molecule has 2 bridgehead atoms. The van der Waals surface area contributed by atoms with Gasteiger partial charge in [0.15, 0.2) is 0 Å². The van der Waals surface area contributed by atoms with Crippen molar-refractivity contribution in [3.8, 4) is 0 Å². The molecule has 0 saturated heterocycles. The minimum Gasteiger partial charge on any atom is -0.466 e. The third-order valence-corrected chi connectivity index (χ3v) is 4.51. The van der Waals surface area contributed by atoms with E-state index >= 15 is 0 Å². The van der Waals surface area contributed by atoms with E-state index in [2.05, 4.69) is 19.9 Å². The van der Waals surface area contributed by atoms with Crippen molar-refractivity contribution in [2.45, 2.75) is 46.5 Å². The molecule has 1 saturated carbocycles. The van der Waals surface area contributed by atoms with Crippen LogP contribution >= 0.6 is 0 Å². The highest BCUT2D eigenvalue weighted by Crippen LogP contribution is 2.59. The molecular formula is C14H22O2. The van der Waals surface area contributed by atoms with Gasteiger partial charge in [-0.1, -0.05) is 25.5 Å². The lowest BCUT2D eigenvalue weighted by atomic mass is 9.48. The number of hydrogen-bond acceptors (Lipinski definition) is 2. The van der Waals surface area contributed by atoms with Gasteiger partial charge in [0.1, 0.15) is 0 Å². The van der Waals surface area contributed by atoms with Gasteiger partial charge in [-0.15, -0.1) is 0 Å². The lowest BCUT2D eigenvalue weighted by Crippen LogP contribution is -2.48. The number of esters is 1. The number of allylic oxidation sites excluding steroid dienone is 2. The van der Waals surface area contributed by atoms with Gasteiger partial charge in [0, 0.05) is 6.42 Å². The highest BCUT2D eigenvalue weighted by atomic mass is 16.5. The van der Waals surface area contributed by atoms with Crippen LogP contribution < -0.4 is 0 Å². The van der Waals surface area contributed by atoms with E-state index in [9.17, 15) is 4.79 Å². The molecule has 0 aromatic carbocycles. The summed E-state index contributed by atoms with van der Waals surface area (Å²) in [6.45, 7) is 7.08. The Balaban J connectivity index is 1.87. The minimum absolute atomic E-state index is 0.0531. The summed E-state index contributed by atoms with van der Waals surface area (Å²) in [4.78, 5) is 11.3. The number of carbonyl (C=O) groups is 1. The molecular weight excluding hydrogens is 200 g/mol. The number of ether oxygens (including phenoxy) is 1. The molecule has 0 aromatic heterocycles. The maximum atomic E-state index is 11.3. The molecule has 0 unspecified atom stereocenters. The van der Waals surface area contributed by atoms with Crippen molar-refractivity contribution in [3.63, 3.8) is 0 Å². The second-order valence-electron chi connectivity index (χ2n) is 5.63. The SMILES string of the molecule is CCOC(=O)CCC1=CC[C@@H]2C[C@H]1C2(C)C. The summed E-state index contributed by atoms with van der Waals surface area (Å²) in [7, 11) is 0. The largest absolute Gasteiger partial charge is 0.466 e. The van der Waals surface area contributed by atoms with Gasteiger partial charge in [0.2, 0.25) is 0 Å². The topological polar surface area (TPSA) is 26.3 Å². The van der Waals surface area contributed by atoms with E-state index in [1.54, 1.807) is 0 Å². The summed E-state index contributed by atoms with van der Waals surface area (Å²) >= 11 is 0. The average molecular weight is 222 g/mol. The first kappa shape index (κ1) is 11.7. The Morgan fingerprint density at radius 2 is 2.31 bits per heavy atom. The fraction of sp³-hybridized carbons (Fsp3) is 0.786. The van der Waals surface area contributed by atoms with Crippen LogP contribution in [0.2, 0.25) is 0 Å². The summed E-state index contributed by atoms with van der Waals surface area (Å²) in [6.07, 6.45) is 6.36. The van der Waals surface area contributed by atoms with Crippen LogP contribution in [0.15, 0.2) is 11.6 Å². The zero-order valence-corrected chi connectivity index (χ0v) is 10.6. The van der Waals surface area contributed by atoms with Crippen molar-refractivity contribution >= 4 is 5.97 Å². The first-order chi connectivity index (χ1) is 7.55. The van der Waals surface area contributed by atoms with E-state index in [4.69, 9.17) is 4.74 Å². The predicted octanol–water partition coefficient (Wildman–Crippen LogP) is 3.32. The summed E-state index contributed by atoms with van der Waals surface area (Å²) in [5.41, 5.74) is 1.97. The van der Waals surface area contributed by atoms with Crippen molar-refractivity contribution < 1.29 is 9.53 Å². The second-order valence-corrected chi connectivity index (χ2v) is 5.63. The van der Waals surface area contributed by atoms with Crippen LogP contribution in [-0.2, 0) is 9.53 Å². The molecule has 0 heterocycles. The first-order valence-electron chi connectivity index (χ1n) is 6.40. The molecule has 3 aliphatic rings. The van der Waals surface area contributed by atoms with Crippen molar-refractivity contribution in [1.29, 1.82) is 0 Å². The molecule has 3 rings (SSSR count). The van der Waals surface area contributed by atoms with Crippen molar-refractivity contribution in [1.82, 2.24) is 0 Å². The minimum atomic E-state index is -0.0531. The lowest BCUT2D eigenvalue weighted by molar-refractivity contribution is -0.143. The molecule has 2 nitrogen and oxygen atoms in total. The molecule has 0 spiro atoms. The van der Waals surface area contributed by atoms with Crippen LogP contribution in [0, 0.1) is 17.3 Å². The Labute approximate surface area is 98.1 Å². The fourth-order valence-corrected chi connectivity index (χ4v) is 3.24. The van der Waals surface area contributed by atoms with Crippen LogP contribution in [0.4, 0.5) is 0 Å². The molecule has 0 aromatic rings. The zero-order chi connectivity index (χ0) is 11.8. The average Bonchev–Trinajstić information content (AvgIpc) is 2.27. The third-order valence-electron chi connectivity index (χ3n) is 4.51. The van der Waals surface area contributed by atoms with Gasteiger partial charge < -0.3 is 4.74 Å². The van der Waals surface area contributed by atoms with Gasteiger partial charge in [0.05, 0.1) is 6.61 Å². The highest BCUT2D eigenvalue weighted by Gasteiger charge is 2.50. The van der Waals surface area contributed by atoms with Gasteiger partial charge >= 0.3 is 5.97 Å². The normalized spacial score (nSPS) is 30.3. The zero-order valence-electron chi connectivity index (χ0n) is 10.6. The maximum Gasteiger partial charge on any atom is 0.306 e. The lowest BCUT2D eigenvalue weighted by Gasteiger charge is -2.56. The number of carbonyl (C=O) groups excluding carboxylic acids is 1. The summed E-state index contributed by atoms with van der Waals surface area (Å²) in [5, 5.41) is 0. The van der Waals surface area contributed by atoms with Crippen LogP contribution in [-0.4, -0.2) is 12.6 Å². The van der Waals surface area contributed by atoms with Gasteiger partial charge in [-0.3, -0.25) is 4.79 Å². The molecule has 0 amide bonds. The van der Waals surface area contributed by atoms with Crippen molar-refractivity contribution in [3.05, 3.63) is 11.6 Å². The molecule has 2 heteroatoms. The molecule has 1 fully saturated rings. The van der Waals surface area contributed by atoms with Gasteiger partial charge in [-0.05, 0) is 43.4 Å². The van der Waals surface area contributed by atoms with Gasteiger partial charge in [-0.25, -0.2) is 0 Å². The fourth-order valence-electron chi connectivity index (χ4n) is 3.24. The van der Waals surface area contributed by atoms with E-state index in [1.165, 1.54) is 18.4 Å². The van der Waals surface area contributed by atoms with Crippen LogP contribution in [0.1, 0.15) is 46.5 Å². The summed E-state index contributed by atoms with van der Waals surface area (Å²) in [6, 6.07) is 0. The Morgan fingerprint density at radius 1 is 1.56 bits per heavy atom. The van der Waals surface area contributed by atoms with E-state index in [1.807, 2.05) is 6.92 Å². The summed E-state index contributed by atoms with van der Waals surface area (Å²) < 4.78 is 4.97. The Hall–Kier alpha value is -0.790. The smallest absolute Gasteiger partial charge is 0.306 e. The maximum absolute atomic E-state index is 11.3. The summed E-state index contributed by atoms with van der Waals surface area (Å²) in [5.74, 6) is 1.55. The number of hydrogen-bond donors (Lipinski definition) is 0. The van der Waals surface area contributed by atoms with Crippen molar-refractivity contribution in [2.75, 3.05) is 6.61 Å². The van der Waals surface area contributed by atoms with Crippen LogP contribution in [0.5, 0.6) is 0 Å². The molecule has 0 radical (unpaired) electrons. The van der Waals surface area contributed by atoms with Gasteiger partial charge in [-0.2, -0.15) is 0 Å². The number of rotatable bonds is 4. The monoisotopic (exact) mass is 222 g/mol. The van der Waals surface area contributed by atoms with Crippen LogP contribution in [0.3, 0.4) is 0 Å². The molecule has 16 heavy (non-hydrogen) atoms. The van der Waals surface area contributed by atoms with E-state index < -0.39 is 0 Å². The van der Waals surface area contributed by atoms with E-state index in [0.29, 0.717) is 18.4 Å². The number of fused-ring (bicyclic) bond motifs is 1. The van der Waals surface area contributed by atoms with Crippen molar-refractivity contribution in [2.24, 2.45) is 17.3 Å². The third kappa shape index (κ3) is 1.90. The molecule has 0 N–H and O–H groups in total. The Morgan fingerprint density at radius 3 is 2.88 bits per heavy atom. The quantitative estimate of drug-likeness (QED) is 0.539. The Kier molecular flexibility index (Phi) is 3.09. The molecule has 0 aliphatic heterocycles. The van der Waals surface area contributed by atoms with Gasteiger partial charge in [0.25, 0.3) is 0 Å².